The fourth-order valence-electron chi connectivity index (χ4n) is 4.07. The number of benzene rings is 1. The van der Waals surface area contributed by atoms with Gasteiger partial charge < -0.3 is 4.74 Å². The number of imide groups is 1. The van der Waals surface area contributed by atoms with Crippen LogP contribution in [0.4, 0.5) is 0 Å². The molecule has 1 aliphatic heterocycles. The molecule has 6 nitrogen and oxygen atoms in total. The van der Waals surface area contributed by atoms with E-state index in [-0.39, 0.29) is 24.3 Å². The summed E-state index contributed by atoms with van der Waals surface area (Å²) in [5.41, 5.74) is 1.59. The number of carbonyl (C=O) groups is 3. The van der Waals surface area contributed by atoms with E-state index in [1.54, 1.807) is 12.3 Å². The fraction of sp³-hybridized carbons (Fsp3) is 0.333. The van der Waals surface area contributed by atoms with E-state index in [0.29, 0.717) is 0 Å². The molecule has 0 unspecified atom stereocenters. The maximum atomic E-state index is 12.9. The van der Waals surface area contributed by atoms with Crippen LogP contribution in [0.2, 0.25) is 0 Å². The molecule has 2 aromatic rings. The summed E-state index contributed by atoms with van der Waals surface area (Å²) in [7, 11) is 1.46. The zero-order chi connectivity index (χ0) is 19.1. The van der Waals surface area contributed by atoms with Crippen LogP contribution in [0.5, 0.6) is 0 Å². The van der Waals surface area contributed by atoms with E-state index in [2.05, 4.69) is 4.98 Å². The molecule has 1 aromatic carbocycles. The van der Waals surface area contributed by atoms with Crippen LogP contribution in [0, 0.1) is 23.7 Å². The Kier molecular flexibility index (Phi) is 4.26. The van der Waals surface area contributed by atoms with Gasteiger partial charge in [-0.25, -0.2) is 0 Å². The number of allylic oxidation sites excluding steroid dienone is 1. The lowest BCUT2D eigenvalue weighted by Gasteiger charge is -2.30. The number of rotatable bonds is 3. The standard InChI is InChI=1S/C21H20N2O4/c1-12-8-9-15-17(20(25)23(2)19(15)24)16(12)21(26)27-11-14-6-3-5-13-7-4-10-22-18(13)14/h3-10,12,15-17H,11H2,1-2H3/t12-,15+,16+,17+/m1/s1. The Morgan fingerprint density at radius 3 is 2.74 bits per heavy atom. The monoisotopic (exact) mass is 364 g/mol. The van der Waals surface area contributed by atoms with Gasteiger partial charge in [-0.1, -0.05) is 43.3 Å². The first-order valence-electron chi connectivity index (χ1n) is 8.98. The number of para-hydroxylation sites is 1. The Balaban J connectivity index is 1.56. The summed E-state index contributed by atoms with van der Waals surface area (Å²) in [6, 6.07) is 9.51. The molecular weight excluding hydrogens is 344 g/mol. The number of pyridine rings is 1. The molecule has 2 amide bonds. The number of hydrogen-bond acceptors (Lipinski definition) is 5. The summed E-state index contributed by atoms with van der Waals surface area (Å²) in [6.45, 7) is 1.95. The molecule has 2 heterocycles. The summed E-state index contributed by atoms with van der Waals surface area (Å²) in [5, 5.41) is 0.971. The Labute approximate surface area is 156 Å². The number of ether oxygens (including phenoxy) is 1. The maximum Gasteiger partial charge on any atom is 0.310 e. The third-order valence-corrected chi connectivity index (χ3v) is 5.55. The van der Waals surface area contributed by atoms with Crippen LogP contribution >= 0.6 is 0 Å². The van der Waals surface area contributed by atoms with Crippen LogP contribution < -0.4 is 0 Å². The van der Waals surface area contributed by atoms with E-state index in [9.17, 15) is 14.4 Å². The molecule has 0 spiro atoms. The summed E-state index contributed by atoms with van der Waals surface area (Å²) >= 11 is 0. The predicted molar refractivity (Wildman–Crippen MR) is 98.1 cm³/mol. The summed E-state index contributed by atoms with van der Waals surface area (Å²) in [5.74, 6) is -3.11. The molecule has 1 aliphatic carbocycles. The first kappa shape index (κ1) is 17.4. The average molecular weight is 364 g/mol. The second kappa shape index (κ2) is 6.61. The maximum absolute atomic E-state index is 12.9. The Morgan fingerprint density at radius 2 is 1.93 bits per heavy atom. The van der Waals surface area contributed by atoms with Crippen LogP contribution in [0.15, 0.2) is 48.7 Å². The van der Waals surface area contributed by atoms with Crippen molar-refractivity contribution in [3.8, 4) is 0 Å². The van der Waals surface area contributed by atoms with E-state index in [4.69, 9.17) is 4.74 Å². The third kappa shape index (κ3) is 2.81. The highest BCUT2D eigenvalue weighted by Gasteiger charge is 2.53. The number of fused-ring (bicyclic) bond motifs is 2. The van der Waals surface area contributed by atoms with E-state index in [1.807, 2.05) is 43.3 Å². The summed E-state index contributed by atoms with van der Waals surface area (Å²) in [4.78, 5) is 43.1. The molecule has 4 atom stereocenters. The molecule has 0 bridgehead atoms. The van der Waals surface area contributed by atoms with E-state index in [0.717, 1.165) is 21.4 Å². The molecule has 4 rings (SSSR count). The van der Waals surface area contributed by atoms with Crippen LogP contribution in [-0.4, -0.2) is 34.7 Å². The number of amides is 2. The lowest BCUT2D eigenvalue weighted by atomic mass is 9.72. The molecule has 2 aliphatic rings. The zero-order valence-electron chi connectivity index (χ0n) is 15.2. The molecule has 138 valence electrons. The van der Waals surface area contributed by atoms with Gasteiger partial charge in [-0.2, -0.15) is 0 Å². The summed E-state index contributed by atoms with van der Waals surface area (Å²) in [6.07, 6.45) is 5.28. The van der Waals surface area contributed by atoms with Crippen molar-refractivity contribution in [2.75, 3.05) is 7.05 Å². The highest BCUT2D eigenvalue weighted by Crippen LogP contribution is 2.41. The Bertz CT molecular complexity index is 962. The van der Waals surface area contributed by atoms with Crippen LogP contribution in [-0.2, 0) is 25.7 Å². The lowest BCUT2D eigenvalue weighted by molar-refractivity contribution is -0.157. The predicted octanol–water partition coefficient (Wildman–Crippen LogP) is 2.33. The van der Waals surface area contributed by atoms with Crippen molar-refractivity contribution in [1.82, 2.24) is 9.88 Å². The van der Waals surface area contributed by atoms with Crippen molar-refractivity contribution in [1.29, 1.82) is 0 Å². The third-order valence-electron chi connectivity index (χ3n) is 5.55. The number of carbonyl (C=O) groups excluding carboxylic acids is 3. The summed E-state index contributed by atoms with van der Waals surface area (Å²) < 4.78 is 5.58. The molecule has 0 radical (unpaired) electrons. The van der Waals surface area contributed by atoms with Crippen molar-refractivity contribution < 1.29 is 19.1 Å². The average Bonchev–Trinajstić information content (AvgIpc) is 2.90. The van der Waals surface area contributed by atoms with Gasteiger partial charge in [0, 0.05) is 24.2 Å². The van der Waals surface area contributed by atoms with Gasteiger partial charge in [0.05, 0.1) is 23.3 Å². The highest BCUT2D eigenvalue weighted by atomic mass is 16.5. The largest absolute Gasteiger partial charge is 0.460 e. The quantitative estimate of drug-likeness (QED) is 0.475. The SMILES string of the molecule is C[C@@H]1C=C[C@@H]2C(=O)N(C)C(=O)[C@@H]2[C@H]1C(=O)OCc1cccc2cccnc12. The smallest absolute Gasteiger partial charge is 0.310 e. The minimum Gasteiger partial charge on any atom is -0.460 e. The van der Waals surface area contributed by atoms with Crippen molar-refractivity contribution in [2.24, 2.45) is 23.7 Å². The van der Waals surface area contributed by atoms with Gasteiger partial charge in [0.2, 0.25) is 11.8 Å². The number of likely N-dealkylation sites (tertiary alicyclic amines) is 1. The number of hydrogen-bond donors (Lipinski definition) is 0. The highest BCUT2D eigenvalue weighted by molar-refractivity contribution is 6.07. The molecule has 6 heteroatoms. The van der Waals surface area contributed by atoms with Crippen molar-refractivity contribution in [3.05, 3.63) is 54.2 Å². The number of esters is 1. The second-order valence-corrected chi connectivity index (χ2v) is 7.16. The molecule has 1 saturated heterocycles. The van der Waals surface area contributed by atoms with Gasteiger partial charge >= 0.3 is 5.97 Å². The molecule has 1 fully saturated rings. The van der Waals surface area contributed by atoms with Gasteiger partial charge in [0.1, 0.15) is 6.61 Å². The topological polar surface area (TPSA) is 76.6 Å². The second-order valence-electron chi connectivity index (χ2n) is 7.16. The van der Waals surface area contributed by atoms with Gasteiger partial charge in [-0.05, 0) is 12.0 Å². The number of nitrogens with zero attached hydrogens (tertiary/aromatic N) is 2. The van der Waals surface area contributed by atoms with Crippen LogP contribution in [0.25, 0.3) is 10.9 Å². The zero-order valence-corrected chi connectivity index (χ0v) is 15.2. The van der Waals surface area contributed by atoms with Crippen molar-refractivity contribution in [2.45, 2.75) is 13.5 Å². The van der Waals surface area contributed by atoms with Gasteiger partial charge in [0.15, 0.2) is 0 Å². The molecule has 1 aromatic heterocycles. The first-order valence-corrected chi connectivity index (χ1v) is 8.98. The lowest BCUT2D eigenvalue weighted by Crippen LogP contribution is -2.39. The van der Waals surface area contributed by atoms with Gasteiger partial charge in [0.25, 0.3) is 0 Å². The Hall–Kier alpha value is -3.02. The van der Waals surface area contributed by atoms with E-state index < -0.39 is 23.7 Å². The van der Waals surface area contributed by atoms with Crippen molar-refractivity contribution >= 4 is 28.7 Å². The van der Waals surface area contributed by atoms with Gasteiger partial charge in [-0.3, -0.25) is 24.3 Å². The normalized spacial score (nSPS) is 27.1. The minimum atomic E-state index is -0.680. The molecule has 0 N–H and O–H groups in total. The first-order chi connectivity index (χ1) is 13.0. The fourth-order valence-corrected chi connectivity index (χ4v) is 4.07. The minimum absolute atomic E-state index is 0.0789. The van der Waals surface area contributed by atoms with Gasteiger partial charge in [-0.15, -0.1) is 0 Å². The van der Waals surface area contributed by atoms with E-state index >= 15 is 0 Å². The van der Waals surface area contributed by atoms with Crippen LogP contribution in [0.1, 0.15) is 12.5 Å². The number of aromatic nitrogens is 1. The van der Waals surface area contributed by atoms with Crippen LogP contribution in [0.3, 0.4) is 0 Å². The Morgan fingerprint density at radius 1 is 1.15 bits per heavy atom. The molecule has 0 saturated carbocycles. The molecule has 27 heavy (non-hydrogen) atoms. The van der Waals surface area contributed by atoms with E-state index in [1.165, 1.54) is 7.05 Å². The molecular formula is C21H20N2O4. The van der Waals surface area contributed by atoms with Crippen molar-refractivity contribution in [3.63, 3.8) is 0 Å².